The first-order chi connectivity index (χ1) is 6.66. The van der Waals surface area contributed by atoms with E-state index in [4.69, 9.17) is 0 Å². The standard InChI is InChI=1S/C11H17N3/c1-8(2)10-6-14(7-10)11-12-4-9(3)5-13-11/h4-5,8,10H,6-7H2,1-3H3. The van der Waals surface area contributed by atoms with E-state index in [0.717, 1.165) is 36.4 Å². The lowest BCUT2D eigenvalue weighted by molar-refractivity contribution is 0.306. The zero-order valence-corrected chi connectivity index (χ0v) is 9.07. The van der Waals surface area contributed by atoms with Crippen LogP contribution in [0.5, 0.6) is 0 Å². The fourth-order valence-electron chi connectivity index (χ4n) is 1.65. The van der Waals surface area contributed by atoms with Crippen molar-refractivity contribution in [3.8, 4) is 0 Å². The Hall–Kier alpha value is -1.12. The van der Waals surface area contributed by atoms with E-state index in [1.54, 1.807) is 0 Å². The summed E-state index contributed by atoms with van der Waals surface area (Å²) >= 11 is 0. The summed E-state index contributed by atoms with van der Waals surface area (Å²) in [5.74, 6) is 2.48. The molecule has 1 aromatic heterocycles. The molecule has 1 aliphatic rings. The molecule has 0 spiro atoms. The van der Waals surface area contributed by atoms with Crippen molar-refractivity contribution < 1.29 is 0 Å². The molecule has 0 saturated carbocycles. The monoisotopic (exact) mass is 191 g/mol. The number of rotatable bonds is 2. The van der Waals surface area contributed by atoms with Crippen molar-refractivity contribution >= 4 is 5.95 Å². The fraction of sp³-hybridized carbons (Fsp3) is 0.636. The molecule has 0 unspecified atom stereocenters. The average molecular weight is 191 g/mol. The number of hydrogen-bond acceptors (Lipinski definition) is 3. The zero-order valence-electron chi connectivity index (χ0n) is 9.07. The largest absolute Gasteiger partial charge is 0.340 e. The molecular formula is C11H17N3. The molecule has 1 fully saturated rings. The minimum atomic E-state index is 0.775. The summed E-state index contributed by atoms with van der Waals surface area (Å²) in [6.45, 7) is 8.79. The van der Waals surface area contributed by atoms with Crippen molar-refractivity contribution in [1.82, 2.24) is 9.97 Å². The van der Waals surface area contributed by atoms with Crippen molar-refractivity contribution in [2.75, 3.05) is 18.0 Å². The predicted molar refractivity (Wildman–Crippen MR) is 57.3 cm³/mol. The fourth-order valence-corrected chi connectivity index (χ4v) is 1.65. The minimum absolute atomic E-state index is 0.775. The maximum atomic E-state index is 4.31. The van der Waals surface area contributed by atoms with Gasteiger partial charge in [-0.05, 0) is 24.3 Å². The summed E-state index contributed by atoms with van der Waals surface area (Å²) in [4.78, 5) is 10.9. The molecule has 2 rings (SSSR count). The average Bonchev–Trinajstić information content (AvgIpc) is 2.05. The van der Waals surface area contributed by atoms with Crippen molar-refractivity contribution in [3.05, 3.63) is 18.0 Å². The third kappa shape index (κ3) is 1.72. The molecule has 0 radical (unpaired) electrons. The minimum Gasteiger partial charge on any atom is -0.340 e. The van der Waals surface area contributed by atoms with Crippen LogP contribution in [0, 0.1) is 18.8 Å². The van der Waals surface area contributed by atoms with E-state index in [2.05, 4.69) is 28.7 Å². The number of aryl methyl sites for hydroxylation is 1. The van der Waals surface area contributed by atoms with E-state index in [1.807, 2.05) is 19.3 Å². The molecular weight excluding hydrogens is 174 g/mol. The molecule has 1 saturated heterocycles. The summed E-state index contributed by atoms with van der Waals surface area (Å²) in [5, 5.41) is 0. The summed E-state index contributed by atoms with van der Waals surface area (Å²) < 4.78 is 0. The SMILES string of the molecule is Cc1cnc(N2CC(C(C)C)C2)nc1. The van der Waals surface area contributed by atoms with E-state index in [-0.39, 0.29) is 0 Å². The summed E-state index contributed by atoms with van der Waals surface area (Å²) in [6.07, 6.45) is 3.76. The lowest BCUT2D eigenvalue weighted by Crippen LogP contribution is -2.49. The van der Waals surface area contributed by atoms with Crippen LogP contribution in [0.2, 0.25) is 0 Å². The van der Waals surface area contributed by atoms with Crippen LogP contribution in [0.1, 0.15) is 19.4 Å². The van der Waals surface area contributed by atoms with Crippen molar-refractivity contribution in [2.24, 2.45) is 11.8 Å². The van der Waals surface area contributed by atoms with Gasteiger partial charge in [0, 0.05) is 25.5 Å². The lowest BCUT2D eigenvalue weighted by Gasteiger charge is -2.41. The van der Waals surface area contributed by atoms with Gasteiger partial charge in [0.1, 0.15) is 0 Å². The molecule has 1 aromatic rings. The van der Waals surface area contributed by atoms with Crippen LogP contribution in [0.25, 0.3) is 0 Å². The van der Waals surface area contributed by atoms with Gasteiger partial charge in [-0.3, -0.25) is 0 Å². The van der Waals surface area contributed by atoms with Crippen LogP contribution in [0.3, 0.4) is 0 Å². The van der Waals surface area contributed by atoms with Gasteiger partial charge in [0.2, 0.25) is 5.95 Å². The van der Waals surface area contributed by atoms with Gasteiger partial charge in [-0.1, -0.05) is 13.8 Å². The number of hydrogen-bond donors (Lipinski definition) is 0. The first-order valence-corrected chi connectivity index (χ1v) is 5.20. The molecule has 0 aromatic carbocycles. The second kappa shape index (κ2) is 3.56. The molecule has 76 valence electrons. The summed E-state index contributed by atoms with van der Waals surface area (Å²) in [5.41, 5.74) is 1.12. The molecule has 2 heterocycles. The summed E-state index contributed by atoms with van der Waals surface area (Å²) in [6, 6.07) is 0. The molecule has 0 bridgehead atoms. The highest BCUT2D eigenvalue weighted by Crippen LogP contribution is 2.26. The second-order valence-electron chi connectivity index (χ2n) is 4.47. The van der Waals surface area contributed by atoms with E-state index >= 15 is 0 Å². The summed E-state index contributed by atoms with van der Waals surface area (Å²) in [7, 11) is 0. The first-order valence-electron chi connectivity index (χ1n) is 5.20. The Balaban J connectivity index is 1.96. The Morgan fingerprint density at radius 1 is 1.29 bits per heavy atom. The Morgan fingerprint density at radius 2 is 1.86 bits per heavy atom. The number of aromatic nitrogens is 2. The van der Waals surface area contributed by atoms with E-state index in [0.29, 0.717) is 0 Å². The normalized spacial score (nSPS) is 17.3. The maximum Gasteiger partial charge on any atom is 0.225 e. The Bertz CT molecular complexity index is 299. The van der Waals surface area contributed by atoms with Crippen LogP contribution in [0.4, 0.5) is 5.95 Å². The van der Waals surface area contributed by atoms with Gasteiger partial charge in [-0.15, -0.1) is 0 Å². The highest BCUT2D eigenvalue weighted by atomic mass is 15.3. The van der Waals surface area contributed by atoms with Gasteiger partial charge in [0.25, 0.3) is 0 Å². The smallest absolute Gasteiger partial charge is 0.225 e. The molecule has 14 heavy (non-hydrogen) atoms. The molecule has 0 amide bonds. The number of nitrogens with zero attached hydrogens (tertiary/aromatic N) is 3. The van der Waals surface area contributed by atoms with Crippen LogP contribution >= 0.6 is 0 Å². The van der Waals surface area contributed by atoms with E-state index < -0.39 is 0 Å². The van der Waals surface area contributed by atoms with E-state index in [9.17, 15) is 0 Å². The number of anilines is 1. The topological polar surface area (TPSA) is 29.0 Å². The third-order valence-corrected chi connectivity index (χ3v) is 2.90. The molecule has 3 nitrogen and oxygen atoms in total. The third-order valence-electron chi connectivity index (χ3n) is 2.90. The van der Waals surface area contributed by atoms with Crippen molar-refractivity contribution in [2.45, 2.75) is 20.8 Å². The highest BCUT2D eigenvalue weighted by molar-refractivity contribution is 5.33. The first kappa shape index (κ1) is 9.44. The van der Waals surface area contributed by atoms with E-state index in [1.165, 1.54) is 0 Å². The lowest BCUT2D eigenvalue weighted by atomic mass is 9.89. The quantitative estimate of drug-likeness (QED) is 0.714. The molecule has 0 atom stereocenters. The van der Waals surface area contributed by atoms with Gasteiger partial charge < -0.3 is 4.90 Å². The molecule has 0 N–H and O–H groups in total. The van der Waals surface area contributed by atoms with Crippen molar-refractivity contribution in [1.29, 1.82) is 0 Å². The molecule has 3 heteroatoms. The predicted octanol–water partition coefficient (Wildman–Crippen LogP) is 1.88. The van der Waals surface area contributed by atoms with Crippen LogP contribution < -0.4 is 4.90 Å². The van der Waals surface area contributed by atoms with Gasteiger partial charge >= 0.3 is 0 Å². The van der Waals surface area contributed by atoms with Gasteiger partial charge in [0.15, 0.2) is 0 Å². The Morgan fingerprint density at radius 3 is 2.36 bits per heavy atom. The van der Waals surface area contributed by atoms with Crippen LogP contribution in [-0.2, 0) is 0 Å². The second-order valence-corrected chi connectivity index (χ2v) is 4.47. The van der Waals surface area contributed by atoms with Gasteiger partial charge in [-0.25, -0.2) is 9.97 Å². The van der Waals surface area contributed by atoms with Crippen LogP contribution in [0.15, 0.2) is 12.4 Å². The van der Waals surface area contributed by atoms with Crippen molar-refractivity contribution in [3.63, 3.8) is 0 Å². The Kier molecular flexibility index (Phi) is 2.40. The van der Waals surface area contributed by atoms with Gasteiger partial charge in [0.05, 0.1) is 0 Å². The highest BCUT2D eigenvalue weighted by Gasteiger charge is 2.30. The molecule has 0 aliphatic carbocycles. The maximum absolute atomic E-state index is 4.31. The Labute approximate surface area is 85.2 Å². The zero-order chi connectivity index (χ0) is 10.1. The molecule has 1 aliphatic heterocycles. The van der Waals surface area contributed by atoms with Crippen LogP contribution in [-0.4, -0.2) is 23.1 Å². The van der Waals surface area contributed by atoms with Gasteiger partial charge in [-0.2, -0.15) is 0 Å².